The molecule has 6 heteroatoms. The highest BCUT2D eigenvalue weighted by Gasteiger charge is 2.41. The Hall–Kier alpha value is -1.14. The van der Waals surface area contributed by atoms with Crippen LogP contribution in [0.4, 0.5) is 0 Å². The average molecular weight is 255 g/mol. The minimum atomic E-state index is -0.528. The fraction of sp³-hybridized carbons (Fsp3) is 0.833. The van der Waals surface area contributed by atoms with E-state index in [1.54, 1.807) is 12.0 Å². The minimum Gasteiger partial charge on any atom is -0.378 e. The molecule has 1 unspecified atom stereocenters. The number of carbonyl (C=O) groups is 2. The van der Waals surface area contributed by atoms with Gasteiger partial charge >= 0.3 is 0 Å². The van der Waals surface area contributed by atoms with E-state index >= 15 is 0 Å². The standard InChI is InChI=1S/C12H21N3O3/c1-18-12(3-2-4-12)7-10(16)15-6-5-14-8-9(15)11(13)17/h9,14H,2-8H2,1H3,(H2,13,17). The lowest BCUT2D eigenvalue weighted by Gasteiger charge is -2.42. The molecule has 0 aromatic rings. The van der Waals surface area contributed by atoms with Gasteiger partial charge < -0.3 is 20.7 Å². The molecule has 1 saturated carbocycles. The molecule has 2 aliphatic rings. The van der Waals surface area contributed by atoms with Gasteiger partial charge in [-0.15, -0.1) is 0 Å². The van der Waals surface area contributed by atoms with Gasteiger partial charge in [-0.05, 0) is 19.3 Å². The number of nitrogens with two attached hydrogens (primary N) is 1. The summed E-state index contributed by atoms with van der Waals surface area (Å²) in [5.74, 6) is -0.475. The van der Waals surface area contributed by atoms with Gasteiger partial charge in [-0.3, -0.25) is 9.59 Å². The van der Waals surface area contributed by atoms with Crippen molar-refractivity contribution in [2.75, 3.05) is 26.7 Å². The van der Waals surface area contributed by atoms with E-state index in [2.05, 4.69) is 5.32 Å². The van der Waals surface area contributed by atoms with Gasteiger partial charge in [0.15, 0.2) is 0 Å². The van der Waals surface area contributed by atoms with E-state index in [4.69, 9.17) is 10.5 Å². The molecule has 1 saturated heterocycles. The maximum absolute atomic E-state index is 12.3. The molecular weight excluding hydrogens is 234 g/mol. The summed E-state index contributed by atoms with van der Waals surface area (Å²) in [7, 11) is 1.65. The molecule has 0 radical (unpaired) electrons. The Morgan fingerprint density at radius 1 is 1.50 bits per heavy atom. The summed E-state index contributed by atoms with van der Waals surface area (Å²) in [5.41, 5.74) is 5.03. The lowest BCUT2D eigenvalue weighted by Crippen LogP contribution is -2.60. The quantitative estimate of drug-likeness (QED) is 0.691. The number of hydrogen-bond donors (Lipinski definition) is 2. The van der Waals surface area contributed by atoms with Crippen molar-refractivity contribution in [3.8, 4) is 0 Å². The number of nitrogens with zero attached hydrogens (tertiary/aromatic N) is 1. The maximum Gasteiger partial charge on any atom is 0.241 e. The number of primary amides is 1. The van der Waals surface area contributed by atoms with E-state index in [1.807, 2.05) is 0 Å². The van der Waals surface area contributed by atoms with Crippen molar-refractivity contribution in [1.82, 2.24) is 10.2 Å². The third kappa shape index (κ3) is 2.49. The molecule has 6 nitrogen and oxygen atoms in total. The van der Waals surface area contributed by atoms with E-state index in [1.165, 1.54) is 0 Å². The number of hydrogen-bond acceptors (Lipinski definition) is 4. The molecule has 2 amide bonds. The van der Waals surface area contributed by atoms with Crippen LogP contribution >= 0.6 is 0 Å². The van der Waals surface area contributed by atoms with Crippen LogP contribution in [0.25, 0.3) is 0 Å². The number of rotatable bonds is 4. The molecule has 1 heterocycles. The second kappa shape index (κ2) is 5.24. The Bertz CT molecular complexity index is 336. The molecule has 102 valence electrons. The highest BCUT2D eigenvalue weighted by Crippen LogP contribution is 2.38. The molecule has 1 aliphatic heterocycles. The van der Waals surface area contributed by atoms with Crippen LogP contribution in [-0.4, -0.2) is 55.1 Å². The van der Waals surface area contributed by atoms with Gasteiger partial charge in [-0.1, -0.05) is 0 Å². The predicted molar refractivity (Wildman–Crippen MR) is 65.8 cm³/mol. The van der Waals surface area contributed by atoms with Crippen LogP contribution in [0.3, 0.4) is 0 Å². The van der Waals surface area contributed by atoms with Crippen molar-refractivity contribution in [3.63, 3.8) is 0 Å². The molecule has 1 atom stereocenters. The first-order valence-corrected chi connectivity index (χ1v) is 6.43. The van der Waals surface area contributed by atoms with Crippen LogP contribution in [0.1, 0.15) is 25.7 Å². The second-order valence-corrected chi connectivity index (χ2v) is 5.13. The van der Waals surface area contributed by atoms with Crippen LogP contribution in [0.2, 0.25) is 0 Å². The molecule has 0 aromatic heterocycles. The Balaban J connectivity index is 2.00. The smallest absolute Gasteiger partial charge is 0.241 e. The Labute approximate surface area is 107 Å². The lowest BCUT2D eigenvalue weighted by molar-refractivity contribution is -0.150. The Morgan fingerprint density at radius 3 is 2.72 bits per heavy atom. The zero-order valence-electron chi connectivity index (χ0n) is 10.8. The van der Waals surface area contributed by atoms with Crippen LogP contribution in [0.5, 0.6) is 0 Å². The van der Waals surface area contributed by atoms with E-state index in [0.717, 1.165) is 19.3 Å². The van der Waals surface area contributed by atoms with Crippen molar-refractivity contribution in [2.45, 2.75) is 37.3 Å². The highest BCUT2D eigenvalue weighted by molar-refractivity contribution is 5.87. The van der Waals surface area contributed by atoms with Crippen LogP contribution in [0, 0.1) is 0 Å². The fourth-order valence-electron chi connectivity index (χ4n) is 2.66. The normalized spacial score (nSPS) is 26.5. The van der Waals surface area contributed by atoms with Gasteiger partial charge in [0.2, 0.25) is 11.8 Å². The van der Waals surface area contributed by atoms with Gasteiger partial charge in [0.25, 0.3) is 0 Å². The van der Waals surface area contributed by atoms with E-state index in [0.29, 0.717) is 26.1 Å². The number of nitrogens with one attached hydrogen (secondary N) is 1. The summed E-state index contributed by atoms with van der Waals surface area (Å²) in [6.07, 6.45) is 3.29. The van der Waals surface area contributed by atoms with E-state index in [-0.39, 0.29) is 11.5 Å². The number of piperazine rings is 1. The molecule has 0 aromatic carbocycles. The molecular formula is C12H21N3O3. The zero-order chi connectivity index (χ0) is 13.2. The van der Waals surface area contributed by atoms with Crippen molar-refractivity contribution in [3.05, 3.63) is 0 Å². The molecule has 0 spiro atoms. The van der Waals surface area contributed by atoms with Crippen molar-refractivity contribution in [1.29, 1.82) is 0 Å². The highest BCUT2D eigenvalue weighted by atomic mass is 16.5. The molecule has 1 aliphatic carbocycles. The third-order valence-electron chi connectivity index (χ3n) is 4.06. The SMILES string of the molecule is COC1(CC(=O)N2CCNCC2C(N)=O)CCC1. The molecule has 0 bridgehead atoms. The summed E-state index contributed by atoms with van der Waals surface area (Å²) < 4.78 is 5.45. The molecule has 3 N–H and O–H groups in total. The van der Waals surface area contributed by atoms with E-state index in [9.17, 15) is 9.59 Å². The van der Waals surface area contributed by atoms with Crippen molar-refractivity contribution in [2.24, 2.45) is 5.73 Å². The monoisotopic (exact) mass is 255 g/mol. The summed E-state index contributed by atoms with van der Waals surface area (Å²) in [6, 6.07) is -0.528. The van der Waals surface area contributed by atoms with E-state index < -0.39 is 11.9 Å². The fourth-order valence-corrected chi connectivity index (χ4v) is 2.66. The topological polar surface area (TPSA) is 84.7 Å². The second-order valence-electron chi connectivity index (χ2n) is 5.13. The first-order valence-electron chi connectivity index (χ1n) is 6.43. The number of methoxy groups -OCH3 is 1. The largest absolute Gasteiger partial charge is 0.378 e. The first-order chi connectivity index (χ1) is 8.58. The van der Waals surface area contributed by atoms with Gasteiger partial charge in [0.1, 0.15) is 6.04 Å². The summed E-state index contributed by atoms with van der Waals surface area (Å²) in [6.45, 7) is 1.68. The zero-order valence-corrected chi connectivity index (χ0v) is 10.8. The van der Waals surface area contributed by atoms with Gasteiger partial charge in [-0.25, -0.2) is 0 Å². The third-order valence-corrected chi connectivity index (χ3v) is 4.06. The number of carbonyl (C=O) groups excluding carboxylic acids is 2. The maximum atomic E-state index is 12.3. The summed E-state index contributed by atoms with van der Waals surface area (Å²) >= 11 is 0. The Morgan fingerprint density at radius 2 is 2.22 bits per heavy atom. The Kier molecular flexibility index (Phi) is 3.87. The van der Waals surface area contributed by atoms with Gasteiger partial charge in [0, 0.05) is 26.7 Å². The van der Waals surface area contributed by atoms with Gasteiger partial charge in [0.05, 0.1) is 12.0 Å². The average Bonchev–Trinajstić information content (AvgIpc) is 2.33. The van der Waals surface area contributed by atoms with Crippen LogP contribution in [0.15, 0.2) is 0 Å². The predicted octanol–water partition coefficient (Wildman–Crippen LogP) is -0.769. The van der Waals surface area contributed by atoms with Crippen molar-refractivity contribution < 1.29 is 14.3 Å². The number of amides is 2. The first kappa shape index (κ1) is 13.3. The summed E-state index contributed by atoms with van der Waals surface area (Å²) in [5, 5.41) is 3.08. The molecule has 18 heavy (non-hydrogen) atoms. The number of ether oxygens (including phenoxy) is 1. The van der Waals surface area contributed by atoms with Crippen LogP contribution < -0.4 is 11.1 Å². The minimum absolute atomic E-state index is 0.0261. The summed E-state index contributed by atoms with van der Waals surface area (Å²) in [4.78, 5) is 25.2. The van der Waals surface area contributed by atoms with Crippen molar-refractivity contribution >= 4 is 11.8 Å². The molecule has 2 rings (SSSR count). The van der Waals surface area contributed by atoms with Gasteiger partial charge in [-0.2, -0.15) is 0 Å². The van der Waals surface area contributed by atoms with Crippen LogP contribution in [-0.2, 0) is 14.3 Å². The lowest BCUT2D eigenvalue weighted by atomic mass is 9.77. The molecule has 2 fully saturated rings.